The summed E-state index contributed by atoms with van der Waals surface area (Å²) in [5, 5.41) is 11.2. The highest BCUT2D eigenvalue weighted by Crippen LogP contribution is 2.16. The topological polar surface area (TPSA) is 136 Å². The molecule has 6 N–H and O–H groups in total. The molecule has 0 unspecified atom stereocenters. The molecule has 0 aliphatic carbocycles. The highest BCUT2D eigenvalue weighted by atomic mass is 32.1. The summed E-state index contributed by atoms with van der Waals surface area (Å²) in [6.07, 6.45) is -0.202. The molecular weight excluding hydrogens is 258 g/mol. The van der Waals surface area contributed by atoms with Gasteiger partial charge in [0.2, 0.25) is 11.8 Å². The number of carbonyl (C=O) groups excluding carboxylic acids is 2. The number of hydrogen-bond donors (Lipinski definition) is 5. The van der Waals surface area contributed by atoms with Gasteiger partial charge in [0.05, 0.1) is 6.04 Å². The lowest BCUT2D eigenvalue weighted by Crippen LogP contribution is -2.54. The molecular formula is C10H19N3O4S. The molecule has 0 aliphatic heterocycles. The summed E-state index contributed by atoms with van der Waals surface area (Å²) in [5.41, 5.74) is 10.5. The molecule has 0 saturated carbocycles. The first-order chi connectivity index (χ1) is 8.05. The van der Waals surface area contributed by atoms with Gasteiger partial charge in [-0.05, 0) is 20.3 Å². The van der Waals surface area contributed by atoms with Crippen molar-refractivity contribution in [1.29, 1.82) is 0 Å². The normalized spacial score (nSPS) is 14.7. The molecule has 104 valence electrons. The maximum absolute atomic E-state index is 11.7. The van der Waals surface area contributed by atoms with Crippen LogP contribution < -0.4 is 16.8 Å². The summed E-state index contributed by atoms with van der Waals surface area (Å²) < 4.78 is -0.781. The molecule has 0 aromatic heterocycles. The molecule has 0 fully saturated rings. The van der Waals surface area contributed by atoms with Crippen LogP contribution in [0.1, 0.15) is 26.7 Å². The van der Waals surface area contributed by atoms with E-state index in [1.807, 2.05) is 0 Å². The third-order valence-corrected chi connectivity index (χ3v) is 2.62. The molecule has 0 aromatic carbocycles. The molecule has 2 atom stereocenters. The number of hydrogen-bond acceptors (Lipinski definition) is 5. The minimum Gasteiger partial charge on any atom is -0.480 e. The number of amides is 2. The van der Waals surface area contributed by atoms with Crippen molar-refractivity contribution in [3.8, 4) is 0 Å². The Hall–Kier alpha value is -1.28. The van der Waals surface area contributed by atoms with Crippen LogP contribution in [0.2, 0.25) is 0 Å². The summed E-state index contributed by atoms with van der Waals surface area (Å²) in [5.74, 6) is -2.50. The van der Waals surface area contributed by atoms with E-state index in [1.165, 1.54) is 0 Å². The van der Waals surface area contributed by atoms with E-state index in [4.69, 9.17) is 16.6 Å². The summed E-state index contributed by atoms with van der Waals surface area (Å²) in [4.78, 5) is 33.2. The van der Waals surface area contributed by atoms with E-state index in [1.54, 1.807) is 13.8 Å². The van der Waals surface area contributed by atoms with Crippen molar-refractivity contribution in [3.63, 3.8) is 0 Å². The number of aliphatic carboxylic acids is 1. The summed E-state index contributed by atoms with van der Waals surface area (Å²) in [6.45, 7) is 3.28. The van der Waals surface area contributed by atoms with Gasteiger partial charge < -0.3 is 21.9 Å². The molecule has 0 rings (SSSR count). The number of nitrogens with two attached hydrogens (primary N) is 2. The van der Waals surface area contributed by atoms with Gasteiger partial charge in [-0.3, -0.25) is 9.59 Å². The Kier molecular flexibility index (Phi) is 6.13. The molecule has 0 heterocycles. The van der Waals surface area contributed by atoms with E-state index in [-0.39, 0.29) is 12.8 Å². The molecule has 2 amide bonds. The maximum Gasteiger partial charge on any atom is 0.326 e. The van der Waals surface area contributed by atoms with Crippen LogP contribution in [0.4, 0.5) is 0 Å². The standard InChI is InChI=1S/C10H19N3O4S/c1-10(2,18)7(12)8(15)13-5(9(16)17)3-4-6(11)14/h5,7,18H,3-4,12H2,1-2H3,(H2,11,14)(H,13,15)(H,16,17)/t5-,7+/m0/s1. The quantitative estimate of drug-likeness (QED) is 0.375. The van der Waals surface area contributed by atoms with Gasteiger partial charge in [-0.1, -0.05) is 0 Å². The van der Waals surface area contributed by atoms with E-state index in [0.717, 1.165) is 0 Å². The molecule has 0 spiro atoms. The zero-order valence-corrected chi connectivity index (χ0v) is 11.2. The van der Waals surface area contributed by atoms with Crippen LogP contribution in [0.25, 0.3) is 0 Å². The van der Waals surface area contributed by atoms with Crippen molar-refractivity contribution >= 4 is 30.4 Å². The first-order valence-electron chi connectivity index (χ1n) is 5.35. The van der Waals surface area contributed by atoms with Gasteiger partial charge in [-0.2, -0.15) is 12.6 Å². The number of carboxylic acid groups (broad SMARTS) is 1. The largest absolute Gasteiger partial charge is 0.480 e. The van der Waals surface area contributed by atoms with E-state index in [2.05, 4.69) is 17.9 Å². The fourth-order valence-corrected chi connectivity index (χ4v) is 1.24. The van der Waals surface area contributed by atoms with Crippen LogP contribution in [0, 0.1) is 0 Å². The van der Waals surface area contributed by atoms with Crippen LogP contribution in [-0.4, -0.2) is 39.7 Å². The fourth-order valence-electron chi connectivity index (χ4n) is 1.13. The molecule has 0 aromatic rings. The third kappa shape index (κ3) is 5.87. The summed E-state index contributed by atoms with van der Waals surface area (Å²) in [7, 11) is 0. The van der Waals surface area contributed by atoms with E-state index in [0.29, 0.717) is 0 Å². The molecule has 0 aliphatic rings. The second kappa shape index (κ2) is 6.60. The van der Waals surface area contributed by atoms with Gasteiger partial charge in [0.1, 0.15) is 6.04 Å². The van der Waals surface area contributed by atoms with Crippen LogP contribution in [0.3, 0.4) is 0 Å². The first-order valence-corrected chi connectivity index (χ1v) is 5.80. The monoisotopic (exact) mass is 277 g/mol. The SMILES string of the molecule is CC(C)(S)[C@H](N)C(=O)N[C@@H](CCC(N)=O)C(=O)O. The van der Waals surface area contributed by atoms with Crippen molar-refractivity contribution in [2.45, 2.75) is 43.5 Å². The lowest BCUT2D eigenvalue weighted by atomic mass is 10.0. The van der Waals surface area contributed by atoms with Crippen molar-refractivity contribution in [2.75, 3.05) is 0 Å². The summed E-state index contributed by atoms with van der Waals surface area (Å²) >= 11 is 4.14. The van der Waals surface area contributed by atoms with Crippen LogP contribution in [0.5, 0.6) is 0 Å². The number of primary amides is 1. The lowest BCUT2D eigenvalue weighted by Gasteiger charge is -2.26. The highest BCUT2D eigenvalue weighted by molar-refractivity contribution is 7.81. The number of nitrogens with one attached hydrogen (secondary N) is 1. The van der Waals surface area contributed by atoms with Gasteiger partial charge in [0, 0.05) is 11.2 Å². The molecule has 0 radical (unpaired) electrons. The van der Waals surface area contributed by atoms with Gasteiger partial charge in [-0.25, -0.2) is 4.79 Å². The Morgan fingerprint density at radius 2 is 1.89 bits per heavy atom. The molecule has 0 bridgehead atoms. The van der Waals surface area contributed by atoms with Crippen molar-refractivity contribution in [2.24, 2.45) is 11.5 Å². The molecule has 8 heteroatoms. The maximum atomic E-state index is 11.7. The van der Waals surface area contributed by atoms with Crippen molar-refractivity contribution < 1.29 is 19.5 Å². The second-order valence-electron chi connectivity index (χ2n) is 4.54. The Morgan fingerprint density at radius 3 is 2.22 bits per heavy atom. The average Bonchev–Trinajstić information content (AvgIpc) is 2.20. The van der Waals surface area contributed by atoms with E-state index >= 15 is 0 Å². The smallest absolute Gasteiger partial charge is 0.326 e. The minimum atomic E-state index is -1.24. The number of carbonyl (C=O) groups is 3. The van der Waals surface area contributed by atoms with Gasteiger partial charge >= 0.3 is 5.97 Å². The van der Waals surface area contributed by atoms with Crippen LogP contribution in [0.15, 0.2) is 0 Å². The number of thiol groups is 1. The molecule has 18 heavy (non-hydrogen) atoms. The predicted octanol–water partition coefficient (Wildman–Crippen LogP) is -1.14. The zero-order chi connectivity index (χ0) is 14.5. The number of rotatable bonds is 7. The lowest BCUT2D eigenvalue weighted by molar-refractivity contribution is -0.142. The van der Waals surface area contributed by atoms with Gasteiger partial charge in [0.15, 0.2) is 0 Å². The van der Waals surface area contributed by atoms with Crippen molar-refractivity contribution in [3.05, 3.63) is 0 Å². The predicted molar refractivity (Wildman–Crippen MR) is 69.0 cm³/mol. The van der Waals surface area contributed by atoms with Crippen LogP contribution >= 0.6 is 12.6 Å². The molecule has 7 nitrogen and oxygen atoms in total. The number of carboxylic acids is 1. The van der Waals surface area contributed by atoms with Gasteiger partial charge in [0.25, 0.3) is 0 Å². The highest BCUT2D eigenvalue weighted by Gasteiger charge is 2.31. The molecule has 0 saturated heterocycles. The van der Waals surface area contributed by atoms with Crippen LogP contribution in [-0.2, 0) is 14.4 Å². The Morgan fingerprint density at radius 1 is 1.39 bits per heavy atom. The van der Waals surface area contributed by atoms with E-state index in [9.17, 15) is 14.4 Å². The fraction of sp³-hybridized carbons (Fsp3) is 0.700. The minimum absolute atomic E-state index is 0.0733. The van der Waals surface area contributed by atoms with E-state index < -0.39 is 34.6 Å². The van der Waals surface area contributed by atoms with Gasteiger partial charge in [-0.15, -0.1) is 0 Å². The Labute approximate surface area is 111 Å². The second-order valence-corrected chi connectivity index (χ2v) is 5.69. The Balaban J connectivity index is 4.55. The Bertz CT molecular complexity index is 341. The zero-order valence-electron chi connectivity index (χ0n) is 10.3. The summed E-state index contributed by atoms with van der Waals surface area (Å²) in [6, 6.07) is -2.15. The van der Waals surface area contributed by atoms with Crippen molar-refractivity contribution in [1.82, 2.24) is 5.32 Å². The average molecular weight is 277 g/mol. The first kappa shape index (κ1) is 16.7. The third-order valence-electron chi connectivity index (χ3n) is 2.34.